The molecule has 0 saturated heterocycles. The Hall–Kier alpha value is -2.08. The molecule has 1 aliphatic carbocycles. The van der Waals surface area contributed by atoms with Gasteiger partial charge in [0, 0.05) is 36.4 Å². The number of nitrogens with one attached hydrogen (secondary N) is 3. The van der Waals surface area contributed by atoms with E-state index in [0.29, 0.717) is 6.54 Å². The minimum absolute atomic E-state index is 0.0668. The van der Waals surface area contributed by atoms with Gasteiger partial charge in [-0.15, -0.1) is 0 Å². The van der Waals surface area contributed by atoms with E-state index in [1.165, 1.54) is 18.4 Å². The zero-order valence-corrected chi connectivity index (χ0v) is 15.3. The first-order valence-electron chi connectivity index (χ1n) is 9.00. The fourth-order valence-electron chi connectivity index (χ4n) is 3.47. The summed E-state index contributed by atoms with van der Waals surface area (Å²) >= 11 is 0. The highest BCUT2D eigenvalue weighted by atomic mass is 16.6. The van der Waals surface area contributed by atoms with Gasteiger partial charge in [-0.25, -0.2) is 9.78 Å². The number of ether oxygens (including phenoxy) is 1. The van der Waals surface area contributed by atoms with Crippen LogP contribution in [0.5, 0.6) is 0 Å². The predicted molar refractivity (Wildman–Crippen MR) is 98.4 cm³/mol. The summed E-state index contributed by atoms with van der Waals surface area (Å²) < 4.78 is 5.36. The number of carbonyl (C=O) groups is 1. The van der Waals surface area contributed by atoms with Crippen LogP contribution in [0.3, 0.4) is 0 Å². The van der Waals surface area contributed by atoms with Gasteiger partial charge >= 0.3 is 6.09 Å². The Morgan fingerprint density at radius 3 is 2.84 bits per heavy atom. The maximum absolute atomic E-state index is 12.0. The minimum atomic E-state index is -0.475. The second-order valence-corrected chi connectivity index (χ2v) is 7.91. The van der Waals surface area contributed by atoms with Crippen molar-refractivity contribution < 1.29 is 9.53 Å². The third-order valence-corrected chi connectivity index (χ3v) is 4.72. The zero-order valence-electron chi connectivity index (χ0n) is 15.3. The van der Waals surface area contributed by atoms with Gasteiger partial charge in [0.2, 0.25) is 0 Å². The largest absolute Gasteiger partial charge is 0.444 e. The number of rotatable bonds is 5. The van der Waals surface area contributed by atoms with Crippen molar-refractivity contribution in [3.63, 3.8) is 0 Å². The molecule has 3 rings (SSSR count). The first-order chi connectivity index (χ1) is 11.9. The highest BCUT2D eigenvalue weighted by molar-refractivity contribution is 5.79. The molecule has 0 radical (unpaired) electrons. The Bertz CT molecular complexity index is 726. The molecule has 25 heavy (non-hydrogen) atoms. The molecule has 6 nitrogen and oxygen atoms in total. The van der Waals surface area contributed by atoms with Gasteiger partial charge in [-0.3, -0.25) is 0 Å². The van der Waals surface area contributed by atoms with Crippen LogP contribution in [0.15, 0.2) is 24.5 Å². The topological polar surface area (TPSA) is 79.0 Å². The van der Waals surface area contributed by atoms with Crippen LogP contribution in [0.1, 0.15) is 52.0 Å². The van der Waals surface area contributed by atoms with Crippen LogP contribution >= 0.6 is 0 Å². The second kappa shape index (κ2) is 7.04. The number of pyridine rings is 1. The summed E-state index contributed by atoms with van der Waals surface area (Å²) in [6.45, 7) is 6.97. The monoisotopic (exact) mass is 344 g/mol. The minimum Gasteiger partial charge on any atom is -0.444 e. The normalized spacial score (nSPS) is 16.9. The maximum atomic E-state index is 12.0. The average Bonchev–Trinajstić information content (AvgIpc) is 3.17. The van der Waals surface area contributed by atoms with Crippen LogP contribution in [-0.2, 0) is 11.3 Å². The average molecular weight is 344 g/mol. The Morgan fingerprint density at radius 2 is 2.12 bits per heavy atom. The number of fused-ring (bicyclic) bond motifs is 1. The fourth-order valence-corrected chi connectivity index (χ4v) is 3.47. The molecular weight excluding hydrogens is 316 g/mol. The van der Waals surface area contributed by atoms with Crippen molar-refractivity contribution in [2.24, 2.45) is 0 Å². The summed E-state index contributed by atoms with van der Waals surface area (Å²) in [6, 6.07) is 4.03. The van der Waals surface area contributed by atoms with E-state index in [-0.39, 0.29) is 11.6 Å². The quantitative estimate of drug-likeness (QED) is 0.776. The third-order valence-electron chi connectivity index (χ3n) is 4.72. The molecule has 136 valence electrons. The van der Waals surface area contributed by atoms with Crippen molar-refractivity contribution in [3.8, 4) is 0 Å². The van der Waals surface area contributed by atoms with Crippen molar-refractivity contribution in [2.75, 3.05) is 6.54 Å². The smallest absolute Gasteiger partial charge is 0.407 e. The molecule has 0 aromatic carbocycles. The van der Waals surface area contributed by atoms with E-state index in [0.717, 1.165) is 30.4 Å². The van der Waals surface area contributed by atoms with Gasteiger partial charge in [0.05, 0.1) is 0 Å². The number of aromatic nitrogens is 2. The summed E-state index contributed by atoms with van der Waals surface area (Å²) in [7, 11) is 0. The molecule has 0 atom stereocenters. The van der Waals surface area contributed by atoms with Crippen molar-refractivity contribution in [1.29, 1.82) is 0 Å². The van der Waals surface area contributed by atoms with Crippen molar-refractivity contribution in [3.05, 3.63) is 30.1 Å². The molecule has 2 aromatic rings. The van der Waals surface area contributed by atoms with Gasteiger partial charge < -0.3 is 20.4 Å². The molecule has 1 saturated carbocycles. The van der Waals surface area contributed by atoms with E-state index in [1.807, 2.05) is 33.0 Å². The first kappa shape index (κ1) is 17.7. The molecule has 1 fully saturated rings. The van der Waals surface area contributed by atoms with Crippen molar-refractivity contribution in [1.82, 2.24) is 20.6 Å². The highest BCUT2D eigenvalue weighted by Gasteiger charge is 2.34. The molecule has 6 heteroatoms. The van der Waals surface area contributed by atoms with E-state index in [1.54, 1.807) is 6.20 Å². The lowest BCUT2D eigenvalue weighted by atomic mass is 9.97. The Kier molecular flexibility index (Phi) is 4.99. The van der Waals surface area contributed by atoms with E-state index < -0.39 is 5.60 Å². The summed E-state index contributed by atoms with van der Waals surface area (Å²) in [5.41, 5.74) is 1.57. The fraction of sp³-hybridized carbons (Fsp3) is 0.579. The number of nitrogens with zero attached hydrogens (tertiary/aromatic N) is 1. The Labute approximate surface area is 148 Å². The third kappa shape index (κ3) is 4.51. The molecule has 0 spiro atoms. The molecule has 3 N–H and O–H groups in total. The van der Waals surface area contributed by atoms with Gasteiger partial charge in [-0.05, 0) is 51.3 Å². The predicted octanol–water partition coefficient (Wildman–Crippen LogP) is 3.49. The molecule has 0 aliphatic heterocycles. The molecule has 0 unspecified atom stereocenters. The van der Waals surface area contributed by atoms with Gasteiger partial charge in [0.1, 0.15) is 11.2 Å². The van der Waals surface area contributed by atoms with E-state index in [4.69, 9.17) is 4.74 Å². The van der Waals surface area contributed by atoms with Crippen LogP contribution in [0, 0.1) is 0 Å². The summed E-state index contributed by atoms with van der Waals surface area (Å²) in [5, 5.41) is 7.78. The summed E-state index contributed by atoms with van der Waals surface area (Å²) in [4.78, 5) is 19.5. The van der Waals surface area contributed by atoms with Crippen molar-refractivity contribution >= 4 is 17.1 Å². The van der Waals surface area contributed by atoms with E-state index in [2.05, 4.69) is 26.7 Å². The molecular formula is C19H28N4O2. The first-order valence-corrected chi connectivity index (χ1v) is 9.00. The van der Waals surface area contributed by atoms with Crippen LogP contribution in [0.4, 0.5) is 4.79 Å². The lowest BCUT2D eigenvalue weighted by molar-refractivity contribution is 0.0509. The lowest BCUT2D eigenvalue weighted by Gasteiger charge is -2.31. The molecule has 1 aliphatic rings. The number of alkyl carbamates (subject to hydrolysis) is 1. The SMILES string of the molecule is CC(C)(C)OC(=O)NCC1(NCc2c[nH]c3ncccc23)CCCC1. The van der Waals surface area contributed by atoms with E-state index in [9.17, 15) is 4.79 Å². The number of H-pyrrole nitrogens is 1. The molecule has 2 heterocycles. The Balaban J connectivity index is 1.62. The van der Waals surface area contributed by atoms with Gasteiger partial charge in [-0.2, -0.15) is 0 Å². The van der Waals surface area contributed by atoms with Gasteiger partial charge in [0.25, 0.3) is 0 Å². The van der Waals surface area contributed by atoms with Crippen LogP contribution in [0.2, 0.25) is 0 Å². The standard InChI is InChI=1S/C19H28N4O2/c1-18(2,3)25-17(24)22-13-19(8-4-5-9-19)23-12-14-11-21-16-15(14)7-6-10-20-16/h6-7,10-11,23H,4-5,8-9,12-13H2,1-3H3,(H,20,21)(H,22,24). The van der Waals surface area contributed by atoms with Gasteiger partial charge in [-0.1, -0.05) is 12.8 Å². The summed E-state index contributed by atoms with van der Waals surface area (Å²) in [5.74, 6) is 0. The maximum Gasteiger partial charge on any atom is 0.407 e. The molecule has 0 bridgehead atoms. The second-order valence-electron chi connectivity index (χ2n) is 7.91. The number of aromatic amines is 1. The molecule has 1 amide bonds. The summed E-state index contributed by atoms with van der Waals surface area (Å²) in [6.07, 6.45) is 7.93. The Morgan fingerprint density at radius 1 is 1.36 bits per heavy atom. The van der Waals surface area contributed by atoms with Crippen molar-refractivity contribution in [2.45, 2.75) is 64.1 Å². The van der Waals surface area contributed by atoms with Crippen LogP contribution in [0.25, 0.3) is 11.0 Å². The van der Waals surface area contributed by atoms with Gasteiger partial charge in [0.15, 0.2) is 0 Å². The molecule has 2 aromatic heterocycles. The van der Waals surface area contributed by atoms with Crippen LogP contribution < -0.4 is 10.6 Å². The zero-order chi connectivity index (χ0) is 17.9. The number of carbonyl (C=O) groups excluding carboxylic acids is 1. The van der Waals surface area contributed by atoms with E-state index >= 15 is 0 Å². The van der Waals surface area contributed by atoms with Crippen LogP contribution in [-0.4, -0.2) is 33.7 Å². The number of amides is 1. The number of hydrogen-bond donors (Lipinski definition) is 3. The number of hydrogen-bond acceptors (Lipinski definition) is 4. The highest BCUT2D eigenvalue weighted by Crippen LogP contribution is 2.30. The lowest BCUT2D eigenvalue weighted by Crippen LogP contribution is -2.51.